The van der Waals surface area contributed by atoms with Crippen molar-refractivity contribution in [1.29, 1.82) is 0 Å². The van der Waals surface area contributed by atoms with E-state index in [0.29, 0.717) is 19.4 Å². The molecule has 0 spiro atoms. The van der Waals surface area contributed by atoms with E-state index in [1.807, 2.05) is 31.2 Å². The van der Waals surface area contributed by atoms with Gasteiger partial charge in [0.1, 0.15) is 0 Å². The molecule has 1 fully saturated rings. The Bertz CT molecular complexity index is 833. The number of carbonyl (C=O) groups is 1. The molecular weight excluding hydrogens is 336 g/mol. The van der Waals surface area contributed by atoms with Crippen LogP contribution in [-0.2, 0) is 14.8 Å². The lowest BCUT2D eigenvalue weighted by molar-refractivity contribution is -0.120. The van der Waals surface area contributed by atoms with Gasteiger partial charge in [-0.1, -0.05) is 35.9 Å². The number of benzene rings is 2. The van der Waals surface area contributed by atoms with Crippen LogP contribution in [-0.4, -0.2) is 31.7 Å². The van der Waals surface area contributed by atoms with Gasteiger partial charge in [0.05, 0.1) is 10.8 Å². The largest absolute Gasteiger partial charge is 0.326 e. The van der Waals surface area contributed by atoms with E-state index in [1.54, 1.807) is 30.3 Å². The molecule has 0 aliphatic carbocycles. The number of piperidine rings is 1. The van der Waals surface area contributed by atoms with Crippen LogP contribution in [0.3, 0.4) is 0 Å². The second kappa shape index (κ2) is 7.37. The van der Waals surface area contributed by atoms with Crippen LogP contribution >= 0.6 is 0 Å². The fourth-order valence-corrected chi connectivity index (χ4v) is 4.54. The lowest BCUT2D eigenvalue weighted by Crippen LogP contribution is -2.43. The van der Waals surface area contributed by atoms with E-state index < -0.39 is 10.0 Å². The average Bonchev–Trinajstić information content (AvgIpc) is 2.64. The Morgan fingerprint density at radius 2 is 1.76 bits per heavy atom. The molecule has 0 saturated carbocycles. The van der Waals surface area contributed by atoms with Crippen LogP contribution in [0.4, 0.5) is 5.69 Å². The van der Waals surface area contributed by atoms with E-state index in [2.05, 4.69) is 5.32 Å². The Balaban J connectivity index is 1.70. The van der Waals surface area contributed by atoms with Crippen molar-refractivity contribution in [3.05, 3.63) is 60.2 Å². The summed E-state index contributed by atoms with van der Waals surface area (Å²) in [7, 11) is -3.55. The van der Waals surface area contributed by atoms with Crippen LogP contribution in [0, 0.1) is 12.8 Å². The van der Waals surface area contributed by atoms with Gasteiger partial charge in [0.15, 0.2) is 0 Å². The molecule has 3 rings (SSSR count). The summed E-state index contributed by atoms with van der Waals surface area (Å²) in [5.41, 5.74) is 1.86. The summed E-state index contributed by atoms with van der Waals surface area (Å²) in [6.45, 7) is 2.65. The third-order valence-electron chi connectivity index (χ3n) is 4.45. The molecule has 1 N–H and O–H groups in total. The molecule has 5 nitrogen and oxygen atoms in total. The summed E-state index contributed by atoms with van der Waals surface area (Å²) in [5, 5.41) is 2.89. The molecule has 2 aromatic carbocycles. The van der Waals surface area contributed by atoms with E-state index in [0.717, 1.165) is 11.3 Å². The van der Waals surface area contributed by atoms with E-state index >= 15 is 0 Å². The highest BCUT2D eigenvalue weighted by atomic mass is 32.2. The van der Waals surface area contributed by atoms with Crippen molar-refractivity contribution in [2.24, 2.45) is 5.92 Å². The zero-order valence-corrected chi connectivity index (χ0v) is 15.0. The number of amides is 1. The average molecular weight is 358 g/mol. The van der Waals surface area contributed by atoms with E-state index in [1.165, 1.54) is 4.31 Å². The Hall–Kier alpha value is -2.18. The molecule has 0 bridgehead atoms. The molecule has 6 heteroatoms. The van der Waals surface area contributed by atoms with Crippen molar-refractivity contribution in [3.63, 3.8) is 0 Å². The fourth-order valence-electron chi connectivity index (χ4n) is 3.00. The van der Waals surface area contributed by atoms with Gasteiger partial charge in [-0.3, -0.25) is 4.79 Å². The lowest BCUT2D eigenvalue weighted by Gasteiger charge is -2.31. The van der Waals surface area contributed by atoms with Gasteiger partial charge in [-0.2, -0.15) is 4.31 Å². The topological polar surface area (TPSA) is 66.5 Å². The monoisotopic (exact) mass is 358 g/mol. The number of hydrogen-bond donors (Lipinski definition) is 1. The van der Waals surface area contributed by atoms with Crippen molar-refractivity contribution in [3.8, 4) is 0 Å². The standard InChI is InChI=1S/C19H22N2O3S/c1-15-9-11-17(12-10-15)20-19(22)16-6-5-13-21(14-16)25(23,24)18-7-3-2-4-8-18/h2-4,7-12,16H,5-6,13-14H2,1H3,(H,20,22)/t16-/m0/s1. The second-order valence-electron chi connectivity index (χ2n) is 6.37. The maximum Gasteiger partial charge on any atom is 0.243 e. The number of anilines is 1. The van der Waals surface area contributed by atoms with Gasteiger partial charge >= 0.3 is 0 Å². The highest BCUT2D eigenvalue weighted by Crippen LogP contribution is 2.24. The minimum Gasteiger partial charge on any atom is -0.326 e. The van der Waals surface area contributed by atoms with Gasteiger partial charge in [-0.05, 0) is 44.0 Å². The first-order valence-electron chi connectivity index (χ1n) is 8.39. The Labute approximate surface area is 148 Å². The molecule has 1 saturated heterocycles. The predicted molar refractivity (Wildman–Crippen MR) is 97.7 cm³/mol. The molecule has 1 heterocycles. The van der Waals surface area contributed by atoms with Crippen molar-refractivity contribution in [1.82, 2.24) is 4.31 Å². The van der Waals surface area contributed by atoms with Crippen LogP contribution < -0.4 is 5.32 Å². The highest BCUT2D eigenvalue weighted by molar-refractivity contribution is 7.89. The molecule has 0 radical (unpaired) electrons. The van der Waals surface area contributed by atoms with Crippen molar-refractivity contribution in [2.75, 3.05) is 18.4 Å². The molecule has 1 aliphatic heterocycles. The van der Waals surface area contributed by atoms with Crippen LogP contribution in [0.1, 0.15) is 18.4 Å². The van der Waals surface area contributed by atoms with Crippen molar-refractivity contribution < 1.29 is 13.2 Å². The number of sulfonamides is 1. The number of nitrogens with zero attached hydrogens (tertiary/aromatic N) is 1. The lowest BCUT2D eigenvalue weighted by atomic mass is 9.98. The smallest absolute Gasteiger partial charge is 0.243 e. The molecule has 1 amide bonds. The van der Waals surface area contributed by atoms with Gasteiger partial charge in [0.25, 0.3) is 0 Å². The maximum atomic E-state index is 12.7. The Kier molecular flexibility index (Phi) is 5.20. The minimum atomic E-state index is -3.55. The Morgan fingerprint density at radius 3 is 2.44 bits per heavy atom. The van der Waals surface area contributed by atoms with Gasteiger partial charge in [0, 0.05) is 18.8 Å². The summed E-state index contributed by atoms with van der Waals surface area (Å²) in [6.07, 6.45) is 1.37. The quantitative estimate of drug-likeness (QED) is 0.913. The molecule has 25 heavy (non-hydrogen) atoms. The van der Waals surface area contributed by atoms with Crippen molar-refractivity contribution in [2.45, 2.75) is 24.7 Å². The normalized spacial score (nSPS) is 18.7. The molecule has 1 aliphatic rings. The summed E-state index contributed by atoms with van der Waals surface area (Å²) >= 11 is 0. The van der Waals surface area contributed by atoms with Crippen LogP contribution in [0.2, 0.25) is 0 Å². The van der Waals surface area contributed by atoms with E-state index in [9.17, 15) is 13.2 Å². The fraction of sp³-hybridized carbons (Fsp3) is 0.316. The van der Waals surface area contributed by atoms with Gasteiger partial charge in [-0.15, -0.1) is 0 Å². The molecule has 1 atom stereocenters. The van der Waals surface area contributed by atoms with Gasteiger partial charge < -0.3 is 5.32 Å². The summed E-state index contributed by atoms with van der Waals surface area (Å²) in [6, 6.07) is 16.0. The third kappa shape index (κ3) is 4.08. The highest BCUT2D eigenvalue weighted by Gasteiger charge is 2.33. The van der Waals surface area contributed by atoms with E-state index in [-0.39, 0.29) is 23.3 Å². The first-order valence-corrected chi connectivity index (χ1v) is 9.83. The number of hydrogen-bond acceptors (Lipinski definition) is 3. The number of rotatable bonds is 4. The molecule has 0 aromatic heterocycles. The zero-order valence-electron chi connectivity index (χ0n) is 14.2. The number of nitrogens with one attached hydrogen (secondary N) is 1. The third-order valence-corrected chi connectivity index (χ3v) is 6.33. The SMILES string of the molecule is Cc1ccc(NC(=O)[C@H]2CCCN(S(=O)(=O)c3ccccc3)C2)cc1. The first kappa shape index (κ1) is 17.6. The number of aryl methyl sites for hydroxylation is 1. The predicted octanol–water partition coefficient (Wildman–Crippen LogP) is 3.03. The molecule has 2 aromatic rings. The maximum absolute atomic E-state index is 12.7. The molecule has 0 unspecified atom stereocenters. The van der Waals surface area contributed by atoms with Crippen LogP contribution in [0.15, 0.2) is 59.5 Å². The molecular formula is C19H22N2O3S. The summed E-state index contributed by atoms with van der Waals surface area (Å²) in [4.78, 5) is 12.8. The summed E-state index contributed by atoms with van der Waals surface area (Å²) < 4.78 is 26.9. The second-order valence-corrected chi connectivity index (χ2v) is 8.31. The number of carbonyl (C=O) groups excluding carboxylic acids is 1. The Morgan fingerprint density at radius 1 is 1.08 bits per heavy atom. The van der Waals surface area contributed by atoms with E-state index in [4.69, 9.17) is 0 Å². The first-order chi connectivity index (χ1) is 12.0. The molecule has 132 valence electrons. The van der Waals surface area contributed by atoms with Crippen LogP contribution in [0.25, 0.3) is 0 Å². The summed E-state index contributed by atoms with van der Waals surface area (Å²) in [5.74, 6) is -0.467. The van der Waals surface area contributed by atoms with Gasteiger partial charge in [-0.25, -0.2) is 8.42 Å². The zero-order chi connectivity index (χ0) is 17.9. The van der Waals surface area contributed by atoms with Crippen molar-refractivity contribution >= 4 is 21.6 Å². The minimum absolute atomic E-state index is 0.128. The van der Waals surface area contributed by atoms with Crippen LogP contribution in [0.5, 0.6) is 0 Å². The van der Waals surface area contributed by atoms with Gasteiger partial charge in [0.2, 0.25) is 15.9 Å².